The summed E-state index contributed by atoms with van der Waals surface area (Å²) < 4.78 is 1.58. The molecule has 9 heteroatoms. The van der Waals surface area contributed by atoms with E-state index < -0.39 is 0 Å². The van der Waals surface area contributed by atoms with Crippen LogP contribution in [0.15, 0.2) is 24.3 Å². The molecule has 1 atom stereocenters. The number of aryl methyl sites for hydroxylation is 1. The Labute approximate surface area is 150 Å². The van der Waals surface area contributed by atoms with E-state index in [0.717, 1.165) is 5.69 Å². The van der Waals surface area contributed by atoms with Crippen LogP contribution in [0.5, 0.6) is 0 Å². The van der Waals surface area contributed by atoms with Gasteiger partial charge in [-0.15, -0.1) is 5.10 Å². The van der Waals surface area contributed by atoms with Gasteiger partial charge < -0.3 is 15.7 Å². The molecule has 0 saturated carbocycles. The molecule has 3 N–H and O–H groups in total. The summed E-state index contributed by atoms with van der Waals surface area (Å²) in [5.41, 5.74) is 1.98. The summed E-state index contributed by atoms with van der Waals surface area (Å²) in [6.45, 7) is 4.03. The van der Waals surface area contributed by atoms with Crippen LogP contribution >= 0.6 is 11.6 Å². The van der Waals surface area contributed by atoms with Gasteiger partial charge in [0.05, 0.1) is 12.6 Å². The van der Waals surface area contributed by atoms with Gasteiger partial charge in [-0.1, -0.05) is 30.7 Å². The lowest BCUT2D eigenvalue weighted by Crippen LogP contribution is -2.30. The highest BCUT2D eigenvalue weighted by atomic mass is 35.5. The number of nitrogens with zero attached hydrogens (tertiary/aromatic N) is 5. The third-order valence-electron chi connectivity index (χ3n) is 3.87. The first-order valence-corrected chi connectivity index (χ1v) is 8.33. The van der Waals surface area contributed by atoms with Gasteiger partial charge >= 0.3 is 0 Å². The number of aliphatic hydroxyl groups excluding tert-OH is 1. The lowest BCUT2D eigenvalue weighted by molar-refractivity contribution is 0.248. The lowest BCUT2D eigenvalue weighted by Gasteiger charge is -2.20. The van der Waals surface area contributed by atoms with Crippen molar-refractivity contribution in [3.63, 3.8) is 0 Å². The van der Waals surface area contributed by atoms with E-state index in [1.807, 2.05) is 26.0 Å². The summed E-state index contributed by atoms with van der Waals surface area (Å²) in [6, 6.07) is 7.13. The first-order chi connectivity index (χ1) is 12.0. The van der Waals surface area contributed by atoms with Crippen LogP contribution in [0.2, 0.25) is 5.02 Å². The minimum Gasteiger partial charge on any atom is -0.394 e. The van der Waals surface area contributed by atoms with Gasteiger partial charge in [0, 0.05) is 17.8 Å². The van der Waals surface area contributed by atoms with Gasteiger partial charge in [-0.3, -0.25) is 0 Å². The van der Waals surface area contributed by atoms with Gasteiger partial charge in [0.1, 0.15) is 0 Å². The third-order valence-corrected chi connectivity index (χ3v) is 4.13. The first-order valence-electron chi connectivity index (χ1n) is 7.95. The molecule has 0 bridgehead atoms. The molecular weight excluding hydrogens is 342 g/mol. The standard InChI is InChI=1S/C16H20ClN7O/c1-9(2)12(8-25)19-16-20-14(13-15(21-16)24(3)23-22-13)18-11-6-4-10(17)5-7-11/h4-7,9,12,25H,8H2,1-3H3,(H2,18,19,20,21)/t12-/m0/s1. The second-order valence-corrected chi connectivity index (χ2v) is 6.53. The first kappa shape index (κ1) is 17.4. The Kier molecular flexibility index (Phi) is 5.00. The fourth-order valence-electron chi connectivity index (χ4n) is 2.33. The van der Waals surface area contributed by atoms with E-state index in [-0.39, 0.29) is 18.6 Å². The van der Waals surface area contributed by atoms with Gasteiger partial charge in [-0.2, -0.15) is 9.97 Å². The Bertz CT molecular complexity index is 863. The number of hydrogen-bond acceptors (Lipinski definition) is 7. The van der Waals surface area contributed by atoms with Crippen molar-refractivity contribution in [2.24, 2.45) is 13.0 Å². The molecule has 0 aliphatic carbocycles. The summed E-state index contributed by atoms with van der Waals surface area (Å²) in [4.78, 5) is 8.97. The number of fused-ring (bicyclic) bond motifs is 1. The quantitative estimate of drug-likeness (QED) is 0.620. The van der Waals surface area contributed by atoms with E-state index in [2.05, 4.69) is 30.9 Å². The number of rotatable bonds is 6. The summed E-state index contributed by atoms with van der Waals surface area (Å²) in [5.74, 6) is 1.16. The Balaban J connectivity index is 1.99. The summed E-state index contributed by atoms with van der Waals surface area (Å²) >= 11 is 5.93. The second kappa shape index (κ2) is 7.20. The van der Waals surface area contributed by atoms with Gasteiger partial charge in [-0.25, -0.2) is 4.68 Å². The molecule has 132 valence electrons. The minimum atomic E-state index is -0.151. The van der Waals surface area contributed by atoms with E-state index in [4.69, 9.17) is 11.6 Å². The molecule has 0 unspecified atom stereocenters. The minimum absolute atomic E-state index is 0.0113. The Hall–Kier alpha value is -2.45. The molecule has 25 heavy (non-hydrogen) atoms. The van der Waals surface area contributed by atoms with Crippen molar-refractivity contribution in [2.75, 3.05) is 17.2 Å². The largest absolute Gasteiger partial charge is 0.394 e. The summed E-state index contributed by atoms with van der Waals surface area (Å²) in [5, 5.41) is 24.7. The number of anilines is 3. The van der Waals surface area contributed by atoms with Crippen molar-refractivity contribution in [2.45, 2.75) is 19.9 Å². The van der Waals surface area contributed by atoms with Crippen molar-refractivity contribution >= 4 is 40.2 Å². The van der Waals surface area contributed by atoms with Crippen LogP contribution in [0, 0.1) is 5.92 Å². The SMILES string of the molecule is CC(C)[C@H](CO)Nc1nc(Nc2ccc(Cl)cc2)c2nnn(C)c2n1. The van der Waals surface area contributed by atoms with Gasteiger partial charge in [0.2, 0.25) is 5.95 Å². The van der Waals surface area contributed by atoms with Crippen LogP contribution in [0.1, 0.15) is 13.8 Å². The molecule has 8 nitrogen and oxygen atoms in total. The Morgan fingerprint density at radius 1 is 1.20 bits per heavy atom. The van der Waals surface area contributed by atoms with Crippen molar-refractivity contribution < 1.29 is 5.11 Å². The molecule has 0 aliphatic heterocycles. The van der Waals surface area contributed by atoms with E-state index in [0.29, 0.717) is 28.0 Å². The Morgan fingerprint density at radius 2 is 1.92 bits per heavy atom. The fraction of sp³-hybridized carbons (Fsp3) is 0.375. The third kappa shape index (κ3) is 3.80. The highest BCUT2D eigenvalue weighted by Crippen LogP contribution is 2.24. The highest BCUT2D eigenvalue weighted by Gasteiger charge is 2.17. The molecule has 0 amide bonds. The molecule has 0 spiro atoms. The predicted octanol–water partition coefficient (Wildman–Crippen LogP) is 2.58. The van der Waals surface area contributed by atoms with E-state index in [1.165, 1.54) is 0 Å². The van der Waals surface area contributed by atoms with Gasteiger partial charge in [0.15, 0.2) is 17.0 Å². The van der Waals surface area contributed by atoms with Crippen molar-refractivity contribution in [3.8, 4) is 0 Å². The fourth-order valence-corrected chi connectivity index (χ4v) is 2.45. The number of halogens is 1. The zero-order chi connectivity index (χ0) is 18.0. The second-order valence-electron chi connectivity index (χ2n) is 6.09. The van der Waals surface area contributed by atoms with Crippen LogP contribution in [-0.2, 0) is 7.05 Å². The number of aromatic nitrogens is 5. The lowest BCUT2D eigenvalue weighted by atomic mass is 10.1. The van der Waals surface area contributed by atoms with Crippen molar-refractivity contribution in [1.29, 1.82) is 0 Å². The number of benzene rings is 1. The predicted molar refractivity (Wildman–Crippen MR) is 98.2 cm³/mol. The van der Waals surface area contributed by atoms with Crippen LogP contribution in [0.3, 0.4) is 0 Å². The monoisotopic (exact) mass is 361 g/mol. The maximum Gasteiger partial charge on any atom is 0.227 e. The molecule has 0 saturated heterocycles. The molecule has 1 aromatic carbocycles. The number of hydrogen-bond donors (Lipinski definition) is 3. The number of nitrogens with one attached hydrogen (secondary N) is 2. The zero-order valence-corrected chi connectivity index (χ0v) is 15.0. The maximum atomic E-state index is 9.54. The summed E-state index contributed by atoms with van der Waals surface area (Å²) in [6.07, 6.45) is 0. The molecule has 0 aliphatic rings. The highest BCUT2D eigenvalue weighted by molar-refractivity contribution is 6.30. The van der Waals surface area contributed by atoms with E-state index >= 15 is 0 Å². The average Bonchev–Trinajstić information content (AvgIpc) is 2.96. The van der Waals surface area contributed by atoms with Crippen molar-refractivity contribution in [3.05, 3.63) is 29.3 Å². The molecule has 2 heterocycles. The van der Waals surface area contributed by atoms with Gasteiger partial charge in [0.25, 0.3) is 0 Å². The molecule has 0 fully saturated rings. The smallest absolute Gasteiger partial charge is 0.227 e. The van der Waals surface area contributed by atoms with Crippen molar-refractivity contribution in [1.82, 2.24) is 25.0 Å². The molecule has 0 radical (unpaired) electrons. The van der Waals surface area contributed by atoms with E-state index in [9.17, 15) is 5.11 Å². The number of aliphatic hydroxyl groups is 1. The van der Waals surface area contributed by atoms with Crippen LogP contribution in [-0.4, -0.2) is 42.7 Å². The maximum absolute atomic E-state index is 9.54. The normalized spacial score (nSPS) is 12.6. The Morgan fingerprint density at radius 3 is 2.56 bits per heavy atom. The molecular formula is C16H20ClN7O. The van der Waals surface area contributed by atoms with Crippen LogP contribution < -0.4 is 10.6 Å². The molecule has 3 rings (SSSR count). The topological polar surface area (TPSA) is 101 Å². The zero-order valence-electron chi connectivity index (χ0n) is 14.2. The molecule has 3 aromatic rings. The van der Waals surface area contributed by atoms with Crippen LogP contribution in [0.4, 0.5) is 17.5 Å². The summed E-state index contributed by atoms with van der Waals surface area (Å²) in [7, 11) is 1.77. The average molecular weight is 362 g/mol. The molecule has 2 aromatic heterocycles. The van der Waals surface area contributed by atoms with Crippen LogP contribution in [0.25, 0.3) is 11.2 Å². The van der Waals surface area contributed by atoms with Gasteiger partial charge in [-0.05, 0) is 30.2 Å². The van der Waals surface area contributed by atoms with E-state index in [1.54, 1.807) is 23.9 Å².